The third-order valence-electron chi connectivity index (χ3n) is 3.13. The molecule has 0 radical (unpaired) electrons. The first-order chi connectivity index (χ1) is 11.6. The SMILES string of the molecule is O=C(Nc1ncc(-c2ccccc2)o1)c1ccccc1SC(F)F. The van der Waals surface area contributed by atoms with Crippen LogP contribution in [-0.2, 0) is 0 Å². The molecule has 0 fully saturated rings. The van der Waals surface area contributed by atoms with Crippen LogP contribution in [0.5, 0.6) is 0 Å². The van der Waals surface area contributed by atoms with Crippen LogP contribution in [0.15, 0.2) is 70.1 Å². The fourth-order valence-corrected chi connectivity index (χ4v) is 2.72. The molecular weight excluding hydrogens is 334 g/mol. The second-order valence-electron chi connectivity index (χ2n) is 4.72. The number of amides is 1. The molecule has 0 aliphatic rings. The Morgan fingerprint density at radius 1 is 1.08 bits per heavy atom. The number of carbonyl (C=O) groups excluding carboxylic acids is 1. The Bertz CT molecular complexity index is 837. The van der Waals surface area contributed by atoms with Gasteiger partial charge in [0, 0.05) is 10.5 Å². The van der Waals surface area contributed by atoms with E-state index >= 15 is 0 Å². The number of nitrogens with one attached hydrogen (secondary N) is 1. The van der Waals surface area contributed by atoms with Crippen LogP contribution in [-0.4, -0.2) is 16.6 Å². The van der Waals surface area contributed by atoms with Crippen molar-refractivity contribution in [3.63, 3.8) is 0 Å². The van der Waals surface area contributed by atoms with E-state index in [2.05, 4.69) is 10.3 Å². The van der Waals surface area contributed by atoms with Crippen LogP contribution >= 0.6 is 11.8 Å². The van der Waals surface area contributed by atoms with Crippen molar-refractivity contribution >= 4 is 23.7 Å². The topological polar surface area (TPSA) is 55.1 Å². The van der Waals surface area contributed by atoms with Crippen molar-refractivity contribution in [3.05, 3.63) is 66.4 Å². The van der Waals surface area contributed by atoms with E-state index in [0.29, 0.717) is 17.5 Å². The summed E-state index contributed by atoms with van der Waals surface area (Å²) in [6.45, 7) is 0. The van der Waals surface area contributed by atoms with Crippen molar-refractivity contribution in [2.75, 3.05) is 5.32 Å². The molecule has 24 heavy (non-hydrogen) atoms. The number of aromatic nitrogens is 1. The van der Waals surface area contributed by atoms with Gasteiger partial charge in [-0.1, -0.05) is 54.2 Å². The van der Waals surface area contributed by atoms with E-state index < -0.39 is 11.7 Å². The fourth-order valence-electron chi connectivity index (χ4n) is 2.09. The van der Waals surface area contributed by atoms with Crippen LogP contribution in [0, 0.1) is 0 Å². The van der Waals surface area contributed by atoms with Gasteiger partial charge >= 0.3 is 6.01 Å². The highest BCUT2D eigenvalue weighted by atomic mass is 32.2. The quantitative estimate of drug-likeness (QED) is 0.667. The Hall–Kier alpha value is -2.67. The molecule has 0 spiro atoms. The van der Waals surface area contributed by atoms with Gasteiger partial charge < -0.3 is 4.42 Å². The summed E-state index contributed by atoms with van der Waals surface area (Å²) in [6.07, 6.45) is 1.49. The highest BCUT2D eigenvalue weighted by Crippen LogP contribution is 2.29. The summed E-state index contributed by atoms with van der Waals surface area (Å²) < 4.78 is 30.6. The largest absolute Gasteiger partial charge is 0.423 e. The third kappa shape index (κ3) is 3.80. The first kappa shape index (κ1) is 16.2. The standard InChI is InChI=1S/C17H12F2N2O2S/c18-16(19)24-14-9-5-4-8-12(14)15(22)21-17-20-10-13(23-17)11-6-2-1-3-7-11/h1-10,16H,(H,20,21,22). The molecule has 0 aliphatic heterocycles. The zero-order valence-electron chi connectivity index (χ0n) is 12.3. The van der Waals surface area contributed by atoms with Crippen LogP contribution in [0.3, 0.4) is 0 Å². The van der Waals surface area contributed by atoms with Crippen molar-refractivity contribution in [1.82, 2.24) is 4.98 Å². The van der Waals surface area contributed by atoms with E-state index in [1.807, 2.05) is 30.3 Å². The number of rotatable bonds is 5. The van der Waals surface area contributed by atoms with E-state index in [1.54, 1.807) is 12.1 Å². The smallest absolute Gasteiger partial charge is 0.302 e. The van der Waals surface area contributed by atoms with Gasteiger partial charge in [0.1, 0.15) is 0 Å². The van der Waals surface area contributed by atoms with E-state index in [4.69, 9.17) is 4.42 Å². The first-order valence-electron chi connectivity index (χ1n) is 7.00. The average Bonchev–Trinajstić information content (AvgIpc) is 3.04. The molecule has 4 nitrogen and oxygen atoms in total. The lowest BCUT2D eigenvalue weighted by molar-refractivity contribution is 0.102. The first-order valence-corrected chi connectivity index (χ1v) is 7.88. The number of oxazole rings is 1. The Morgan fingerprint density at radius 3 is 2.54 bits per heavy atom. The molecule has 0 saturated heterocycles. The molecule has 0 saturated carbocycles. The van der Waals surface area contributed by atoms with Crippen molar-refractivity contribution in [3.8, 4) is 11.3 Å². The molecular formula is C17H12F2N2O2S. The van der Waals surface area contributed by atoms with E-state index in [-0.39, 0.29) is 16.5 Å². The summed E-state index contributed by atoms with van der Waals surface area (Å²) in [5.41, 5.74) is 0.960. The number of hydrogen-bond donors (Lipinski definition) is 1. The second-order valence-corrected chi connectivity index (χ2v) is 5.76. The summed E-state index contributed by atoms with van der Waals surface area (Å²) in [6, 6.07) is 15.4. The van der Waals surface area contributed by atoms with Gasteiger partial charge in [-0.2, -0.15) is 8.78 Å². The van der Waals surface area contributed by atoms with Gasteiger partial charge in [0.15, 0.2) is 5.76 Å². The molecule has 1 heterocycles. The number of thioether (sulfide) groups is 1. The number of benzene rings is 2. The van der Waals surface area contributed by atoms with Gasteiger partial charge in [-0.3, -0.25) is 10.1 Å². The zero-order valence-corrected chi connectivity index (χ0v) is 13.1. The zero-order chi connectivity index (χ0) is 16.9. The summed E-state index contributed by atoms with van der Waals surface area (Å²) in [4.78, 5) is 16.5. The maximum absolute atomic E-state index is 12.6. The molecule has 0 aliphatic carbocycles. The Morgan fingerprint density at radius 2 is 1.79 bits per heavy atom. The summed E-state index contributed by atoms with van der Waals surface area (Å²) >= 11 is 0.321. The van der Waals surface area contributed by atoms with Gasteiger partial charge in [0.25, 0.3) is 11.7 Å². The number of carbonyl (C=O) groups is 1. The molecule has 0 atom stereocenters. The minimum atomic E-state index is -2.61. The van der Waals surface area contributed by atoms with Crippen molar-refractivity contribution in [2.24, 2.45) is 0 Å². The Balaban J connectivity index is 1.78. The molecule has 0 unspecified atom stereocenters. The van der Waals surface area contributed by atoms with Crippen molar-refractivity contribution in [2.45, 2.75) is 10.7 Å². The van der Waals surface area contributed by atoms with Gasteiger partial charge in [0.05, 0.1) is 11.8 Å². The van der Waals surface area contributed by atoms with Crippen molar-refractivity contribution < 1.29 is 18.0 Å². The third-order valence-corrected chi connectivity index (χ3v) is 3.92. The Kier molecular flexibility index (Phi) is 4.90. The van der Waals surface area contributed by atoms with Crippen LogP contribution in [0.25, 0.3) is 11.3 Å². The normalized spacial score (nSPS) is 10.8. The minimum Gasteiger partial charge on any atom is -0.423 e. The highest BCUT2D eigenvalue weighted by Gasteiger charge is 2.17. The summed E-state index contributed by atoms with van der Waals surface area (Å²) in [5.74, 6) is -2.66. The molecule has 2 aromatic carbocycles. The lowest BCUT2D eigenvalue weighted by atomic mass is 10.2. The minimum absolute atomic E-state index is 0.00991. The van der Waals surface area contributed by atoms with Crippen LogP contribution in [0.2, 0.25) is 0 Å². The van der Waals surface area contributed by atoms with Gasteiger partial charge in [-0.15, -0.1) is 0 Å². The molecule has 1 amide bonds. The second kappa shape index (κ2) is 7.27. The van der Waals surface area contributed by atoms with Gasteiger partial charge in [-0.25, -0.2) is 4.98 Å². The number of hydrogen-bond acceptors (Lipinski definition) is 4. The highest BCUT2D eigenvalue weighted by molar-refractivity contribution is 7.99. The van der Waals surface area contributed by atoms with Gasteiger partial charge in [-0.05, 0) is 12.1 Å². The van der Waals surface area contributed by atoms with Crippen LogP contribution in [0.4, 0.5) is 14.8 Å². The predicted octanol–water partition coefficient (Wildman–Crippen LogP) is 4.91. The van der Waals surface area contributed by atoms with Crippen LogP contribution in [0.1, 0.15) is 10.4 Å². The molecule has 122 valence electrons. The molecule has 0 bridgehead atoms. The molecule has 3 aromatic rings. The van der Waals surface area contributed by atoms with Gasteiger partial charge in [0.2, 0.25) is 0 Å². The molecule has 1 N–H and O–H groups in total. The summed E-state index contributed by atoms with van der Waals surface area (Å²) in [7, 11) is 0. The van der Waals surface area contributed by atoms with Crippen molar-refractivity contribution in [1.29, 1.82) is 0 Å². The maximum Gasteiger partial charge on any atom is 0.302 e. The average molecular weight is 346 g/mol. The lowest BCUT2D eigenvalue weighted by Gasteiger charge is -2.07. The fraction of sp³-hybridized carbons (Fsp3) is 0.0588. The lowest BCUT2D eigenvalue weighted by Crippen LogP contribution is -2.13. The van der Waals surface area contributed by atoms with E-state index in [9.17, 15) is 13.6 Å². The maximum atomic E-state index is 12.6. The molecule has 7 heteroatoms. The van der Waals surface area contributed by atoms with E-state index in [1.165, 1.54) is 18.3 Å². The number of nitrogens with zero attached hydrogens (tertiary/aromatic N) is 1. The van der Waals surface area contributed by atoms with E-state index in [0.717, 1.165) is 5.56 Å². The number of alkyl halides is 2. The molecule has 1 aromatic heterocycles. The van der Waals surface area contributed by atoms with Crippen LogP contribution < -0.4 is 5.32 Å². The molecule has 3 rings (SSSR count). The Labute approximate surface area is 140 Å². The summed E-state index contributed by atoms with van der Waals surface area (Å²) in [5, 5.41) is 2.49. The number of anilines is 1. The predicted molar refractivity (Wildman–Crippen MR) is 88.2 cm³/mol. The number of halogens is 2. The monoisotopic (exact) mass is 346 g/mol.